The van der Waals surface area contributed by atoms with E-state index < -0.39 is 16.6 Å². The van der Waals surface area contributed by atoms with Gasteiger partial charge in [-0.3, -0.25) is 14.9 Å². The van der Waals surface area contributed by atoms with E-state index in [9.17, 15) is 24.4 Å². The van der Waals surface area contributed by atoms with Gasteiger partial charge in [0.15, 0.2) is 0 Å². The molecule has 1 amide bonds. The molecular formula is C13H8BrFN2O4. The van der Waals surface area contributed by atoms with Crippen LogP contribution in [0.15, 0.2) is 40.9 Å². The Kier molecular flexibility index (Phi) is 4.18. The van der Waals surface area contributed by atoms with E-state index in [-0.39, 0.29) is 27.2 Å². The number of carbonyl (C=O) groups excluding carboxylic acids is 1. The van der Waals surface area contributed by atoms with Gasteiger partial charge in [-0.25, -0.2) is 4.39 Å². The minimum Gasteiger partial charge on any atom is -0.506 e. The van der Waals surface area contributed by atoms with Crippen molar-refractivity contribution in [2.45, 2.75) is 0 Å². The van der Waals surface area contributed by atoms with Gasteiger partial charge in [0.2, 0.25) is 0 Å². The van der Waals surface area contributed by atoms with E-state index in [4.69, 9.17) is 0 Å². The summed E-state index contributed by atoms with van der Waals surface area (Å²) in [6.45, 7) is 0. The summed E-state index contributed by atoms with van der Waals surface area (Å²) in [7, 11) is 0. The third-order valence-electron chi connectivity index (χ3n) is 2.64. The molecule has 8 heteroatoms. The number of halogens is 2. The Morgan fingerprint density at radius 1 is 1.33 bits per heavy atom. The molecule has 0 bridgehead atoms. The van der Waals surface area contributed by atoms with Crippen molar-refractivity contribution in [1.29, 1.82) is 0 Å². The van der Waals surface area contributed by atoms with Gasteiger partial charge in [0, 0.05) is 12.1 Å². The summed E-state index contributed by atoms with van der Waals surface area (Å²) in [5.74, 6) is -1.66. The van der Waals surface area contributed by atoms with Gasteiger partial charge in [-0.05, 0) is 34.1 Å². The number of rotatable bonds is 3. The van der Waals surface area contributed by atoms with Crippen molar-refractivity contribution in [3.8, 4) is 5.75 Å². The second-order valence-corrected chi connectivity index (χ2v) is 4.81. The summed E-state index contributed by atoms with van der Waals surface area (Å²) in [6, 6.07) is 7.10. The van der Waals surface area contributed by atoms with Crippen LogP contribution in [0.3, 0.4) is 0 Å². The lowest BCUT2D eigenvalue weighted by molar-refractivity contribution is -0.384. The van der Waals surface area contributed by atoms with Crippen molar-refractivity contribution in [2.75, 3.05) is 5.32 Å². The first kappa shape index (κ1) is 14.9. The fourth-order valence-electron chi connectivity index (χ4n) is 1.61. The number of amides is 1. The normalized spacial score (nSPS) is 10.2. The zero-order valence-electron chi connectivity index (χ0n) is 10.3. The van der Waals surface area contributed by atoms with Crippen molar-refractivity contribution < 1.29 is 19.2 Å². The SMILES string of the molecule is O=C(Nc1cc([N+](=O)[O-])ccc1O)c1cccc(F)c1Br. The number of nitrogens with one attached hydrogen (secondary N) is 1. The number of carbonyl (C=O) groups is 1. The fraction of sp³-hybridized carbons (Fsp3) is 0. The molecule has 0 atom stereocenters. The van der Waals surface area contributed by atoms with Crippen LogP contribution in [-0.2, 0) is 0 Å². The van der Waals surface area contributed by atoms with Crippen molar-refractivity contribution in [3.63, 3.8) is 0 Å². The van der Waals surface area contributed by atoms with Crippen LogP contribution in [0, 0.1) is 15.9 Å². The molecule has 0 spiro atoms. The number of anilines is 1. The topological polar surface area (TPSA) is 92.5 Å². The second kappa shape index (κ2) is 5.88. The van der Waals surface area contributed by atoms with Gasteiger partial charge in [0.25, 0.3) is 11.6 Å². The smallest absolute Gasteiger partial charge is 0.271 e. The maximum absolute atomic E-state index is 13.4. The molecule has 0 aliphatic rings. The molecule has 2 N–H and O–H groups in total. The monoisotopic (exact) mass is 354 g/mol. The molecule has 0 unspecified atom stereocenters. The van der Waals surface area contributed by atoms with Crippen molar-refractivity contribution in [3.05, 3.63) is 62.4 Å². The van der Waals surface area contributed by atoms with Gasteiger partial charge in [-0.15, -0.1) is 0 Å². The van der Waals surface area contributed by atoms with Crippen LogP contribution in [0.2, 0.25) is 0 Å². The van der Waals surface area contributed by atoms with Crippen LogP contribution >= 0.6 is 15.9 Å². The highest BCUT2D eigenvalue weighted by Crippen LogP contribution is 2.29. The molecule has 6 nitrogen and oxygen atoms in total. The highest BCUT2D eigenvalue weighted by atomic mass is 79.9. The first-order chi connectivity index (χ1) is 9.90. The average molecular weight is 355 g/mol. The molecule has 0 fully saturated rings. The maximum atomic E-state index is 13.4. The number of nitro groups is 1. The molecular weight excluding hydrogens is 347 g/mol. The lowest BCUT2D eigenvalue weighted by Gasteiger charge is -2.08. The van der Waals surface area contributed by atoms with E-state index in [1.54, 1.807) is 0 Å². The number of hydrogen-bond acceptors (Lipinski definition) is 4. The minimum atomic E-state index is -0.711. The average Bonchev–Trinajstić information content (AvgIpc) is 2.43. The Morgan fingerprint density at radius 3 is 2.71 bits per heavy atom. The van der Waals surface area contributed by atoms with E-state index in [2.05, 4.69) is 21.2 Å². The van der Waals surface area contributed by atoms with Gasteiger partial charge < -0.3 is 10.4 Å². The summed E-state index contributed by atoms with van der Waals surface area (Å²) in [6.07, 6.45) is 0. The zero-order valence-corrected chi connectivity index (χ0v) is 11.9. The van der Waals surface area contributed by atoms with Crippen LogP contribution in [0.5, 0.6) is 5.75 Å². The summed E-state index contributed by atoms with van der Waals surface area (Å²) < 4.78 is 13.3. The summed E-state index contributed by atoms with van der Waals surface area (Å²) in [5.41, 5.74) is -0.423. The van der Waals surface area contributed by atoms with Crippen molar-refractivity contribution in [1.82, 2.24) is 0 Å². The van der Waals surface area contributed by atoms with Gasteiger partial charge >= 0.3 is 0 Å². The Bertz CT molecular complexity index is 736. The van der Waals surface area contributed by atoms with Crippen LogP contribution in [0.25, 0.3) is 0 Å². The van der Waals surface area contributed by atoms with Gasteiger partial charge in [0.1, 0.15) is 11.6 Å². The van der Waals surface area contributed by atoms with Gasteiger partial charge in [-0.1, -0.05) is 6.07 Å². The van der Waals surface area contributed by atoms with E-state index in [0.717, 1.165) is 18.2 Å². The first-order valence-corrected chi connectivity index (χ1v) is 6.42. The van der Waals surface area contributed by atoms with Gasteiger partial charge in [0.05, 0.1) is 20.6 Å². The van der Waals surface area contributed by atoms with Gasteiger partial charge in [-0.2, -0.15) is 0 Å². The highest BCUT2D eigenvalue weighted by molar-refractivity contribution is 9.10. The number of phenols is 1. The molecule has 2 rings (SSSR count). The highest BCUT2D eigenvalue weighted by Gasteiger charge is 2.16. The number of phenolic OH excluding ortho intramolecular Hbond substituents is 1. The number of hydrogen-bond donors (Lipinski definition) is 2. The Morgan fingerprint density at radius 2 is 2.05 bits per heavy atom. The molecule has 0 heterocycles. The molecule has 0 aliphatic heterocycles. The Labute approximate surface area is 126 Å². The number of nitrogens with zero attached hydrogens (tertiary/aromatic N) is 1. The molecule has 0 aliphatic carbocycles. The third-order valence-corrected chi connectivity index (χ3v) is 3.44. The third kappa shape index (κ3) is 3.16. The number of benzene rings is 2. The Hall–Kier alpha value is -2.48. The van der Waals surface area contributed by atoms with E-state index in [1.165, 1.54) is 18.2 Å². The molecule has 0 saturated heterocycles. The van der Waals surface area contributed by atoms with Crippen LogP contribution < -0.4 is 5.32 Å². The molecule has 0 aromatic heterocycles. The van der Waals surface area contributed by atoms with Crippen LogP contribution in [0.1, 0.15) is 10.4 Å². The predicted molar refractivity (Wildman–Crippen MR) is 76.8 cm³/mol. The van der Waals surface area contributed by atoms with Crippen LogP contribution in [0.4, 0.5) is 15.8 Å². The number of aromatic hydroxyl groups is 1. The number of nitro benzene ring substituents is 1. The predicted octanol–water partition coefficient (Wildman–Crippen LogP) is 3.45. The van der Waals surface area contributed by atoms with Crippen molar-refractivity contribution >= 4 is 33.2 Å². The minimum absolute atomic E-state index is 0.000839. The van der Waals surface area contributed by atoms with Crippen LogP contribution in [-0.4, -0.2) is 15.9 Å². The molecule has 0 saturated carbocycles. The summed E-state index contributed by atoms with van der Waals surface area (Å²) >= 11 is 2.94. The van der Waals surface area contributed by atoms with E-state index in [1.807, 2.05) is 0 Å². The summed E-state index contributed by atoms with van der Waals surface area (Å²) in [5, 5.41) is 22.6. The molecule has 0 radical (unpaired) electrons. The molecule has 21 heavy (non-hydrogen) atoms. The van der Waals surface area contributed by atoms with E-state index in [0.29, 0.717) is 0 Å². The fourth-order valence-corrected chi connectivity index (χ4v) is 2.05. The number of non-ortho nitro benzene ring substituents is 1. The first-order valence-electron chi connectivity index (χ1n) is 5.63. The largest absolute Gasteiger partial charge is 0.506 e. The van der Waals surface area contributed by atoms with Crippen molar-refractivity contribution in [2.24, 2.45) is 0 Å². The molecule has 108 valence electrons. The maximum Gasteiger partial charge on any atom is 0.271 e. The van der Waals surface area contributed by atoms with E-state index >= 15 is 0 Å². The lowest BCUT2D eigenvalue weighted by atomic mass is 10.2. The molecule has 2 aromatic rings. The second-order valence-electron chi connectivity index (χ2n) is 4.01. The summed E-state index contributed by atoms with van der Waals surface area (Å²) in [4.78, 5) is 22.0. The quantitative estimate of drug-likeness (QED) is 0.501. The molecule has 2 aromatic carbocycles. The Balaban J connectivity index is 2.33. The zero-order chi connectivity index (χ0) is 15.6. The lowest BCUT2D eigenvalue weighted by Crippen LogP contribution is -2.13. The standard InChI is InChI=1S/C13H8BrFN2O4/c14-12-8(2-1-3-9(12)15)13(19)16-10-6-7(17(20)21)4-5-11(10)18/h1-6,18H,(H,16,19).